The van der Waals surface area contributed by atoms with Crippen LogP contribution in [0.25, 0.3) is 11.1 Å². The lowest BCUT2D eigenvalue weighted by atomic mass is 9.98. The SMILES string of the molecule is Nc1cc(C(=O)Nc2ccc(Cl)cn2)ccc1Sc1ccc(NC(=O)OCC2c3ccccc3-c3ccccc32)cc1. The fourth-order valence-corrected chi connectivity index (χ4v) is 5.86. The van der Waals surface area contributed by atoms with Gasteiger partial charge in [-0.3, -0.25) is 10.1 Å². The summed E-state index contributed by atoms with van der Waals surface area (Å²) < 4.78 is 5.64. The summed E-state index contributed by atoms with van der Waals surface area (Å²) in [6.45, 7) is 0.247. The Morgan fingerprint density at radius 2 is 1.55 bits per heavy atom. The maximum Gasteiger partial charge on any atom is 0.411 e. The van der Waals surface area contributed by atoms with Crippen molar-refractivity contribution in [2.45, 2.75) is 15.7 Å². The number of rotatable bonds is 7. The van der Waals surface area contributed by atoms with Crippen LogP contribution in [-0.4, -0.2) is 23.6 Å². The number of carbonyl (C=O) groups is 2. The van der Waals surface area contributed by atoms with Crippen LogP contribution in [0.3, 0.4) is 0 Å². The second kappa shape index (κ2) is 12.0. The lowest BCUT2D eigenvalue weighted by Gasteiger charge is -2.14. The summed E-state index contributed by atoms with van der Waals surface area (Å²) in [6, 6.07) is 32.2. The Balaban J connectivity index is 1.04. The molecule has 1 aromatic heterocycles. The van der Waals surface area contributed by atoms with Crippen molar-refractivity contribution >= 4 is 52.6 Å². The molecule has 42 heavy (non-hydrogen) atoms. The van der Waals surface area contributed by atoms with Crippen LogP contribution in [-0.2, 0) is 4.74 Å². The molecule has 0 bridgehead atoms. The fraction of sp³-hybridized carbons (Fsp3) is 0.0606. The second-order valence-electron chi connectivity index (χ2n) is 9.65. The van der Waals surface area contributed by atoms with Crippen molar-refractivity contribution < 1.29 is 14.3 Å². The molecular formula is C33H25ClN4O3S. The Morgan fingerprint density at radius 3 is 2.19 bits per heavy atom. The van der Waals surface area contributed by atoms with E-state index in [9.17, 15) is 9.59 Å². The fourth-order valence-electron chi connectivity index (χ4n) is 4.91. The second-order valence-corrected chi connectivity index (χ2v) is 11.2. The lowest BCUT2D eigenvalue weighted by Crippen LogP contribution is -2.17. The summed E-state index contributed by atoms with van der Waals surface area (Å²) in [7, 11) is 0. The number of anilines is 3. The first-order valence-electron chi connectivity index (χ1n) is 13.2. The van der Waals surface area contributed by atoms with E-state index in [-0.39, 0.29) is 18.4 Å². The minimum atomic E-state index is -0.510. The zero-order valence-electron chi connectivity index (χ0n) is 22.2. The van der Waals surface area contributed by atoms with Gasteiger partial charge in [-0.15, -0.1) is 0 Å². The number of aromatic nitrogens is 1. The minimum Gasteiger partial charge on any atom is -0.448 e. The summed E-state index contributed by atoms with van der Waals surface area (Å²) in [5.41, 5.74) is 12.5. The third kappa shape index (κ3) is 5.95. The van der Waals surface area contributed by atoms with Crippen LogP contribution in [0, 0.1) is 0 Å². The Kier molecular flexibility index (Phi) is 7.81. The zero-order valence-corrected chi connectivity index (χ0v) is 23.8. The van der Waals surface area contributed by atoms with Crippen LogP contribution in [0.4, 0.5) is 22.0 Å². The van der Waals surface area contributed by atoms with E-state index in [2.05, 4.69) is 39.9 Å². The molecule has 1 heterocycles. The first-order chi connectivity index (χ1) is 20.4. The molecule has 0 saturated heterocycles. The number of nitrogens with zero attached hydrogens (tertiary/aromatic N) is 1. The molecule has 0 fully saturated rings. The van der Waals surface area contributed by atoms with E-state index in [4.69, 9.17) is 22.1 Å². The van der Waals surface area contributed by atoms with Crippen LogP contribution < -0.4 is 16.4 Å². The molecule has 5 aromatic rings. The first-order valence-corrected chi connectivity index (χ1v) is 14.4. The van der Waals surface area contributed by atoms with Gasteiger partial charge in [-0.05, 0) is 76.9 Å². The van der Waals surface area contributed by atoms with Crippen molar-refractivity contribution in [1.82, 2.24) is 4.98 Å². The summed E-state index contributed by atoms with van der Waals surface area (Å²) in [4.78, 5) is 31.0. The van der Waals surface area contributed by atoms with E-state index < -0.39 is 6.09 Å². The highest BCUT2D eigenvalue weighted by Crippen LogP contribution is 2.44. The minimum absolute atomic E-state index is 0.000972. The number of nitrogen functional groups attached to an aromatic ring is 1. The molecule has 0 saturated carbocycles. The van der Waals surface area contributed by atoms with E-state index in [1.807, 2.05) is 36.4 Å². The highest BCUT2D eigenvalue weighted by atomic mass is 35.5. The molecule has 0 atom stereocenters. The van der Waals surface area contributed by atoms with Crippen molar-refractivity contribution in [3.8, 4) is 11.1 Å². The quantitative estimate of drug-likeness (QED) is 0.165. The van der Waals surface area contributed by atoms with Crippen molar-refractivity contribution in [3.05, 3.63) is 131 Å². The van der Waals surface area contributed by atoms with Crippen LogP contribution in [0.1, 0.15) is 27.4 Å². The summed E-state index contributed by atoms with van der Waals surface area (Å²) in [5.74, 6) is 0.0730. The summed E-state index contributed by atoms with van der Waals surface area (Å²) in [5, 5.41) is 6.01. The number of hydrogen-bond acceptors (Lipinski definition) is 6. The number of nitrogens with two attached hydrogens (primary N) is 1. The van der Waals surface area contributed by atoms with Crippen molar-refractivity contribution in [1.29, 1.82) is 0 Å². The van der Waals surface area contributed by atoms with E-state index in [0.717, 1.165) is 9.79 Å². The molecule has 0 spiro atoms. The van der Waals surface area contributed by atoms with Crippen molar-refractivity contribution in [2.24, 2.45) is 0 Å². The number of hydrogen-bond donors (Lipinski definition) is 3. The van der Waals surface area contributed by atoms with Crippen LogP contribution in [0.2, 0.25) is 5.02 Å². The van der Waals surface area contributed by atoms with Gasteiger partial charge in [0.1, 0.15) is 12.4 Å². The summed E-state index contributed by atoms with van der Waals surface area (Å²) >= 11 is 7.30. The molecule has 9 heteroatoms. The Bertz CT molecular complexity index is 1730. The van der Waals surface area contributed by atoms with Gasteiger partial charge in [0, 0.05) is 38.8 Å². The molecule has 4 N–H and O–H groups in total. The molecule has 2 amide bonds. The van der Waals surface area contributed by atoms with E-state index in [1.54, 1.807) is 42.5 Å². The number of ether oxygens (including phenoxy) is 1. The van der Waals surface area contributed by atoms with Gasteiger partial charge >= 0.3 is 6.09 Å². The first kappa shape index (κ1) is 27.4. The third-order valence-corrected chi connectivity index (χ3v) is 8.24. The van der Waals surface area contributed by atoms with Gasteiger partial charge in [0.05, 0.1) is 5.02 Å². The molecule has 0 aliphatic heterocycles. The van der Waals surface area contributed by atoms with Gasteiger partial charge in [-0.1, -0.05) is 71.9 Å². The normalized spacial score (nSPS) is 11.8. The van der Waals surface area contributed by atoms with Gasteiger partial charge in [-0.2, -0.15) is 0 Å². The van der Waals surface area contributed by atoms with Crippen LogP contribution >= 0.6 is 23.4 Å². The van der Waals surface area contributed by atoms with Gasteiger partial charge in [0.25, 0.3) is 5.91 Å². The molecule has 208 valence electrons. The standard InChI is InChI=1S/C33H25ClN4O3S/c34-21-10-16-31(36-18-21)38-32(39)20-9-15-30(29(35)17-20)42-23-13-11-22(12-14-23)37-33(40)41-19-28-26-7-3-1-5-24(26)25-6-2-4-8-27(25)28/h1-18,28H,19,35H2,(H,37,40)(H,36,38,39). The Morgan fingerprint density at radius 1 is 0.857 bits per heavy atom. The molecule has 7 nitrogen and oxygen atoms in total. The molecule has 1 aliphatic rings. The number of carbonyl (C=O) groups excluding carboxylic acids is 2. The molecule has 0 radical (unpaired) electrons. The van der Waals surface area contributed by atoms with E-state index in [0.29, 0.717) is 27.8 Å². The number of pyridine rings is 1. The van der Waals surface area contributed by atoms with Gasteiger partial charge in [-0.25, -0.2) is 9.78 Å². The predicted molar refractivity (Wildman–Crippen MR) is 167 cm³/mol. The highest BCUT2D eigenvalue weighted by Gasteiger charge is 2.29. The topological polar surface area (TPSA) is 106 Å². The average Bonchev–Trinajstić information content (AvgIpc) is 3.33. The molecule has 0 unspecified atom stereocenters. The maximum absolute atomic E-state index is 12.6. The van der Waals surface area contributed by atoms with Gasteiger partial charge in [0.2, 0.25) is 0 Å². The molecule has 1 aliphatic carbocycles. The van der Waals surface area contributed by atoms with Crippen LogP contribution in [0.5, 0.6) is 0 Å². The molecule has 4 aromatic carbocycles. The van der Waals surface area contributed by atoms with Gasteiger partial charge in [0.15, 0.2) is 0 Å². The Hall–Kier alpha value is -4.79. The van der Waals surface area contributed by atoms with Crippen molar-refractivity contribution in [3.63, 3.8) is 0 Å². The van der Waals surface area contributed by atoms with E-state index >= 15 is 0 Å². The predicted octanol–water partition coefficient (Wildman–Crippen LogP) is 8.08. The number of amides is 2. The van der Waals surface area contributed by atoms with E-state index in [1.165, 1.54) is 40.2 Å². The smallest absolute Gasteiger partial charge is 0.411 e. The number of nitrogens with one attached hydrogen (secondary N) is 2. The monoisotopic (exact) mass is 592 g/mol. The largest absolute Gasteiger partial charge is 0.448 e. The highest BCUT2D eigenvalue weighted by molar-refractivity contribution is 7.99. The summed E-state index contributed by atoms with van der Waals surface area (Å²) in [6.07, 6.45) is 0.952. The Labute approximate surface area is 252 Å². The maximum atomic E-state index is 12.6. The van der Waals surface area contributed by atoms with Crippen molar-refractivity contribution in [2.75, 3.05) is 23.0 Å². The molecule has 6 rings (SSSR count). The number of halogens is 1. The zero-order chi connectivity index (χ0) is 29.1. The van der Waals surface area contributed by atoms with Gasteiger partial charge < -0.3 is 15.8 Å². The lowest BCUT2D eigenvalue weighted by molar-refractivity contribution is 0.102. The molecular weight excluding hydrogens is 568 g/mol. The number of fused-ring (bicyclic) bond motifs is 3. The average molecular weight is 593 g/mol. The van der Waals surface area contributed by atoms with Crippen LogP contribution in [0.15, 0.2) is 119 Å². The third-order valence-electron chi connectivity index (χ3n) is 6.91. The number of benzene rings is 4.